The molecule has 348 valence electrons. The molecular formula is C70H48N4. The lowest BCUT2D eigenvalue weighted by molar-refractivity contribution is 0.690. The van der Waals surface area contributed by atoms with Crippen LogP contribution in [0.4, 0.5) is 11.4 Å². The molecule has 3 atom stereocenters. The summed E-state index contributed by atoms with van der Waals surface area (Å²) < 4.78 is 0. The fourth-order valence-corrected chi connectivity index (χ4v) is 11.9. The average molecular weight is 945 g/mol. The van der Waals surface area contributed by atoms with Crippen LogP contribution in [0.15, 0.2) is 279 Å². The smallest absolute Gasteiger partial charge is 0.163 e. The molecule has 4 nitrogen and oxygen atoms in total. The highest BCUT2D eigenvalue weighted by atomic mass is 15.2. The molecule has 0 N–H and O–H groups in total. The molecule has 1 aromatic heterocycles. The molecule has 14 rings (SSSR count). The van der Waals surface area contributed by atoms with E-state index in [-0.39, 0.29) is 12.0 Å². The fourth-order valence-electron chi connectivity index (χ4n) is 11.9. The van der Waals surface area contributed by atoms with E-state index in [9.17, 15) is 0 Å². The molecule has 0 radical (unpaired) electrons. The minimum atomic E-state index is -1.08. The number of anilines is 2. The summed E-state index contributed by atoms with van der Waals surface area (Å²) in [6.07, 6.45) is 9.23. The van der Waals surface area contributed by atoms with Crippen LogP contribution in [-0.2, 0) is 5.41 Å². The predicted molar refractivity (Wildman–Crippen MR) is 303 cm³/mol. The van der Waals surface area contributed by atoms with Crippen LogP contribution in [0.3, 0.4) is 0 Å². The van der Waals surface area contributed by atoms with Gasteiger partial charge < -0.3 is 4.90 Å². The predicted octanol–water partition coefficient (Wildman–Crippen LogP) is 17.0. The van der Waals surface area contributed by atoms with E-state index in [4.69, 9.17) is 15.0 Å². The van der Waals surface area contributed by atoms with Gasteiger partial charge in [-0.25, -0.2) is 15.0 Å². The largest absolute Gasteiger partial charge is 0.333 e. The molecule has 74 heavy (non-hydrogen) atoms. The molecule has 0 fully saturated rings. The summed E-state index contributed by atoms with van der Waals surface area (Å²) in [4.78, 5) is 19.6. The Morgan fingerprint density at radius 3 is 1.28 bits per heavy atom. The zero-order chi connectivity index (χ0) is 49.0. The second kappa shape index (κ2) is 18.0. The van der Waals surface area contributed by atoms with Crippen LogP contribution < -0.4 is 4.90 Å². The molecule has 2 aliphatic carbocycles. The van der Waals surface area contributed by atoms with Crippen LogP contribution in [0.5, 0.6) is 0 Å². The van der Waals surface area contributed by atoms with Crippen molar-refractivity contribution >= 4 is 11.4 Å². The van der Waals surface area contributed by atoms with Crippen molar-refractivity contribution in [1.82, 2.24) is 15.0 Å². The van der Waals surface area contributed by atoms with E-state index in [0.717, 1.165) is 78.0 Å². The second-order valence-electron chi connectivity index (χ2n) is 19.4. The first-order chi connectivity index (χ1) is 36.7. The van der Waals surface area contributed by atoms with Crippen LogP contribution in [-0.4, -0.2) is 21.0 Å². The summed E-state index contributed by atoms with van der Waals surface area (Å²) in [5.41, 5.74) is 19.1. The highest BCUT2D eigenvalue weighted by Gasteiger charge is 2.54. The first kappa shape index (κ1) is 43.3. The molecule has 2 heterocycles. The van der Waals surface area contributed by atoms with Gasteiger partial charge >= 0.3 is 0 Å². The number of benzene rings is 10. The standard InChI is InChI=1S/C70H48N4/c1-7-23-47(24-8-1)53-41-54(48-25-9-2-10-26-48)44-57(43-53)70(69-72-67(51-31-15-5-16-32-51)71-68(73-69)52-33-17-6-18-34-52)63-37-21-19-35-59(63)61-39-40-62-60-36-20-22-38-64(60)74(66(62)65(61)70)58-45-55(49-27-11-3-12-28-49)42-56(46-58)50-29-13-4-14-30-50/h1-46,60,64H. The van der Waals surface area contributed by atoms with Crippen LogP contribution in [0.25, 0.3) is 78.4 Å². The molecule has 0 bridgehead atoms. The van der Waals surface area contributed by atoms with Gasteiger partial charge in [0.25, 0.3) is 0 Å². The van der Waals surface area contributed by atoms with Crippen molar-refractivity contribution in [2.24, 2.45) is 0 Å². The summed E-state index contributed by atoms with van der Waals surface area (Å²) in [5.74, 6) is 1.97. The Hall–Kier alpha value is -9.51. The van der Waals surface area contributed by atoms with Gasteiger partial charge in [-0.1, -0.05) is 243 Å². The molecule has 0 amide bonds. The van der Waals surface area contributed by atoms with Gasteiger partial charge in [-0.3, -0.25) is 0 Å². The first-order valence-electron chi connectivity index (χ1n) is 25.5. The third-order valence-electron chi connectivity index (χ3n) is 15.2. The van der Waals surface area contributed by atoms with E-state index in [1.165, 1.54) is 22.4 Å². The van der Waals surface area contributed by atoms with Crippen molar-refractivity contribution in [3.63, 3.8) is 0 Å². The number of allylic oxidation sites excluding steroid dienone is 2. The number of hydrogen-bond donors (Lipinski definition) is 0. The monoisotopic (exact) mass is 944 g/mol. The molecule has 4 heteroatoms. The van der Waals surface area contributed by atoms with E-state index in [0.29, 0.717) is 17.5 Å². The molecule has 3 unspecified atom stereocenters. The van der Waals surface area contributed by atoms with Crippen LogP contribution in [0.1, 0.15) is 34.0 Å². The number of rotatable bonds is 9. The zero-order valence-electron chi connectivity index (χ0n) is 40.5. The summed E-state index contributed by atoms with van der Waals surface area (Å²) in [6, 6.07) is 92.0. The molecule has 3 aliphatic rings. The van der Waals surface area contributed by atoms with Crippen molar-refractivity contribution in [2.75, 3.05) is 4.90 Å². The zero-order valence-corrected chi connectivity index (χ0v) is 40.5. The second-order valence-corrected chi connectivity index (χ2v) is 19.4. The number of fused-ring (bicyclic) bond motifs is 7. The van der Waals surface area contributed by atoms with Gasteiger partial charge in [-0.15, -0.1) is 0 Å². The van der Waals surface area contributed by atoms with Crippen molar-refractivity contribution in [3.8, 4) is 78.4 Å². The molecule has 10 aromatic carbocycles. The highest BCUT2D eigenvalue weighted by molar-refractivity contribution is 5.96. The summed E-state index contributed by atoms with van der Waals surface area (Å²) in [5, 5.41) is 0. The quantitative estimate of drug-likeness (QED) is 0.145. The van der Waals surface area contributed by atoms with Crippen LogP contribution in [0.2, 0.25) is 0 Å². The third-order valence-corrected chi connectivity index (χ3v) is 15.2. The topological polar surface area (TPSA) is 41.9 Å². The molecule has 11 aromatic rings. The van der Waals surface area contributed by atoms with Gasteiger partial charge in [0.1, 0.15) is 5.41 Å². The maximum absolute atomic E-state index is 5.82. The van der Waals surface area contributed by atoms with Crippen LogP contribution >= 0.6 is 0 Å². The van der Waals surface area contributed by atoms with Crippen molar-refractivity contribution < 1.29 is 0 Å². The van der Waals surface area contributed by atoms with Crippen molar-refractivity contribution in [3.05, 3.63) is 307 Å². The maximum Gasteiger partial charge on any atom is 0.163 e. The van der Waals surface area contributed by atoms with E-state index < -0.39 is 5.41 Å². The highest BCUT2D eigenvalue weighted by Crippen LogP contribution is 2.63. The Kier molecular flexibility index (Phi) is 10.5. The van der Waals surface area contributed by atoms with Gasteiger partial charge in [0.05, 0.1) is 11.7 Å². The molecule has 0 saturated heterocycles. The summed E-state index contributed by atoms with van der Waals surface area (Å²) in [7, 11) is 0. The van der Waals surface area contributed by atoms with E-state index in [1.54, 1.807) is 0 Å². The Bertz CT molecular complexity index is 3650. The maximum atomic E-state index is 5.82. The van der Waals surface area contributed by atoms with Gasteiger partial charge in [-0.2, -0.15) is 0 Å². The Morgan fingerprint density at radius 1 is 0.351 bits per heavy atom. The van der Waals surface area contributed by atoms with Crippen LogP contribution in [0, 0.1) is 0 Å². The lowest BCUT2D eigenvalue weighted by atomic mass is 9.69. The SMILES string of the molecule is C1=CC2c3ccc4c(c3N(c3cc(-c5ccccc5)cc(-c5ccccc5)c3)C2C=C1)C(c1cc(-c2ccccc2)cc(-c2ccccc2)c1)(c1nc(-c2ccccc2)nc(-c2ccccc2)n1)c1ccccc1-4. The minimum absolute atomic E-state index is 0.0220. The van der Waals surface area contributed by atoms with Gasteiger partial charge in [0, 0.05) is 28.3 Å². The Labute approximate surface area is 432 Å². The summed E-state index contributed by atoms with van der Waals surface area (Å²) >= 11 is 0. The fraction of sp³-hybridized carbons (Fsp3) is 0.0429. The number of nitrogens with zero attached hydrogens (tertiary/aromatic N) is 4. The average Bonchev–Trinajstić information content (AvgIpc) is 3.99. The van der Waals surface area contributed by atoms with E-state index >= 15 is 0 Å². The molecule has 0 spiro atoms. The Balaban J connectivity index is 1.15. The molecule has 1 aliphatic heterocycles. The third kappa shape index (κ3) is 7.17. The lowest BCUT2D eigenvalue weighted by Crippen LogP contribution is -2.35. The molecular weight excluding hydrogens is 897 g/mol. The molecule has 0 saturated carbocycles. The Morgan fingerprint density at radius 2 is 0.784 bits per heavy atom. The van der Waals surface area contributed by atoms with Gasteiger partial charge in [0.2, 0.25) is 0 Å². The lowest BCUT2D eigenvalue weighted by Gasteiger charge is -2.37. The van der Waals surface area contributed by atoms with Gasteiger partial charge in [0.15, 0.2) is 17.5 Å². The van der Waals surface area contributed by atoms with Gasteiger partial charge in [-0.05, 0) is 109 Å². The number of aromatic nitrogens is 3. The first-order valence-corrected chi connectivity index (χ1v) is 25.5. The minimum Gasteiger partial charge on any atom is -0.333 e. The van der Waals surface area contributed by atoms with Crippen molar-refractivity contribution in [2.45, 2.75) is 17.4 Å². The normalized spacial score (nSPS) is 16.8. The van der Waals surface area contributed by atoms with E-state index in [1.807, 2.05) is 12.1 Å². The number of hydrogen-bond acceptors (Lipinski definition) is 4. The van der Waals surface area contributed by atoms with E-state index in [2.05, 4.69) is 272 Å². The summed E-state index contributed by atoms with van der Waals surface area (Å²) in [6.45, 7) is 0. The van der Waals surface area contributed by atoms with Crippen molar-refractivity contribution in [1.29, 1.82) is 0 Å².